The van der Waals surface area contributed by atoms with E-state index < -0.39 is 0 Å². The molecule has 0 atom stereocenters. The van der Waals surface area contributed by atoms with Crippen molar-refractivity contribution in [3.63, 3.8) is 0 Å². The van der Waals surface area contributed by atoms with E-state index >= 15 is 0 Å². The highest BCUT2D eigenvalue weighted by Gasteiger charge is 2.25. The van der Waals surface area contributed by atoms with E-state index in [-0.39, 0.29) is 0 Å². The lowest BCUT2D eigenvalue weighted by Crippen LogP contribution is -2.27. The minimum absolute atomic E-state index is 0.422. The van der Waals surface area contributed by atoms with E-state index in [1.54, 1.807) is 18.4 Å². The highest BCUT2D eigenvalue weighted by Crippen LogP contribution is 2.37. The van der Waals surface area contributed by atoms with Gasteiger partial charge in [0.25, 0.3) is 0 Å². The molecule has 2 aromatic heterocycles. The van der Waals surface area contributed by atoms with E-state index in [9.17, 15) is 0 Å². The first-order valence-electron chi connectivity index (χ1n) is 9.03. The number of anilines is 1. The molecular weight excluding hydrogens is 344 g/mol. The molecule has 2 heterocycles. The first kappa shape index (κ1) is 17.4. The van der Waals surface area contributed by atoms with Crippen LogP contribution in [0.4, 0.5) is 5.82 Å². The van der Waals surface area contributed by atoms with Gasteiger partial charge in [0.2, 0.25) is 0 Å². The molecule has 1 N–H and O–H groups in total. The summed E-state index contributed by atoms with van der Waals surface area (Å²) in [4.78, 5) is 12.9. The summed E-state index contributed by atoms with van der Waals surface area (Å²) in [7, 11) is 3.88. The molecule has 0 amide bonds. The molecule has 0 spiro atoms. The Hall–Kier alpha value is -2.02. The van der Waals surface area contributed by atoms with Crippen LogP contribution in [-0.2, 0) is 11.3 Å². The summed E-state index contributed by atoms with van der Waals surface area (Å²) in [6, 6.07) is 11.2. The van der Waals surface area contributed by atoms with Crippen molar-refractivity contribution in [1.29, 1.82) is 0 Å². The lowest BCUT2D eigenvalue weighted by atomic mass is 10.1. The van der Waals surface area contributed by atoms with Gasteiger partial charge >= 0.3 is 0 Å². The monoisotopic (exact) mass is 368 g/mol. The van der Waals surface area contributed by atoms with E-state index in [1.807, 2.05) is 6.07 Å². The molecule has 26 heavy (non-hydrogen) atoms. The minimum Gasteiger partial charge on any atom is -0.377 e. The maximum atomic E-state index is 5.25. The molecule has 1 aromatic carbocycles. The molecule has 1 saturated carbocycles. The summed E-state index contributed by atoms with van der Waals surface area (Å²) in [6.07, 6.45) is 2.66. The SMILES string of the molecule is COCc1nc(NCCN(C)C2CC2)c2c(-c3ccccc3)csc2n1. The molecule has 3 aromatic rings. The van der Waals surface area contributed by atoms with Gasteiger partial charge in [0.1, 0.15) is 17.3 Å². The van der Waals surface area contributed by atoms with Crippen molar-refractivity contribution in [2.45, 2.75) is 25.5 Å². The molecule has 1 aliphatic carbocycles. The van der Waals surface area contributed by atoms with Crippen LogP contribution in [0.15, 0.2) is 35.7 Å². The summed E-state index contributed by atoms with van der Waals surface area (Å²) in [5.74, 6) is 1.63. The van der Waals surface area contributed by atoms with E-state index in [0.29, 0.717) is 6.61 Å². The number of rotatable bonds is 8. The van der Waals surface area contributed by atoms with Crippen molar-refractivity contribution in [1.82, 2.24) is 14.9 Å². The van der Waals surface area contributed by atoms with Gasteiger partial charge in [-0.25, -0.2) is 9.97 Å². The van der Waals surface area contributed by atoms with Gasteiger partial charge in [-0.2, -0.15) is 0 Å². The molecule has 1 fully saturated rings. The number of thiophene rings is 1. The molecular formula is C20H24N4OS. The smallest absolute Gasteiger partial charge is 0.158 e. The third-order valence-electron chi connectivity index (χ3n) is 4.77. The van der Waals surface area contributed by atoms with E-state index in [0.717, 1.165) is 41.0 Å². The number of methoxy groups -OCH3 is 1. The van der Waals surface area contributed by atoms with Gasteiger partial charge in [0.15, 0.2) is 5.82 Å². The lowest BCUT2D eigenvalue weighted by Gasteiger charge is -2.17. The van der Waals surface area contributed by atoms with Gasteiger partial charge in [-0.15, -0.1) is 11.3 Å². The molecule has 0 saturated heterocycles. The molecule has 1 aliphatic rings. The molecule has 5 nitrogen and oxygen atoms in total. The van der Waals surface area contributed by atoms with Crippen molar-refractivity contribution in [2.75, 3.05) is 32.6 Å². The number of benzene rings is 1. The number of ether oxygens (including phenoxy) is 1. The molecule has 0 radical (unpaired) electrons. The average molecular weight is 369 g/mol. The van der Waals surface area contributed by atoms with Crippen LogP contribution >= 0.6 is 11.3 Å². The first-order chi connectivity index (χ1) is 12.8. The fourth-order valence-corrected chi connectivity index (χ4v) is 4.15. The van der Waals surface area contributed by atoms with Crippen LogP contribution in [0.1, 0.15) is 18.7 Å². The van der Waals surface area contributed by atoms with Crippen LogP contribution in [0.2, 0.25) is 0 Å². The number of fused-ring (bicyclic) bond motifs is 1. The third kappa shape index (κ3) is 3.72. The van der Waals surface area contributed by atoms with Crippen LogP contribution < -0.4 is 5.32 Å². The highest BCUT2D eigenvalue weighted by molar-refractivity contribution is 7.17. The van der Waals surface area contributed by atoms with Gasteiger partial charge in [-0.3, -0.25) is 0 Å². The molecule has 0 bridgehead atoms. The van der Waals surface area contributed by atoms with Crippen molar-refractivity contribution in [3.05, 3.63) is 41.5 Å². The number of nitrogens with zero attached hydrogens (tertiary/aromatic N) is 3. The first-order valence-corrected chi connectivity index (χ1v) is 9.91. The Bertz CT molecular complexity index is 876. The number of likely N-dealkylation sites (N-methyl/N-ethyl adjacent to an activating group) is 1. The van der Waals surface area contributed by atoms with Gasteiger partial charge < -0.3 is 15.0 Å². The summed E-state index contributed by atoms with van der Waals surface area (Å²) in [5, 5.41) is 6.83. The Labute approximate surface area is 158 Å². The van der Waals surface area contributed by atoms with Crippen molar-refractivity contribution in [3.8, 4) is 11.1 Å². The molecule has 0 unspecified atom stereocenters. The Morgan fingerprint density at radius 3 is 2.77 bits per heavy atom. The minimum atomic E-state index is 0.422. The second kappa shape index (κ2) is 7.70. The molecule has 6 heteroatoms. The van der Waals surface area contributed by atoms with Crippen LogP contribution in [0.5, 0.6) is 0 Å². The van der Waals surface area contributed by atoms with Crippen LogP contribution in [0, 0.1) is 0 Å². The van der Waals surface area contributed by atoms with Gasteiger partial charge in [0.05, 0.1) is 5.39 Å². The fraction of sp³-hybridized carbons (Fsp3) is 0.400. The number of nitrogens with one attached hydrogen (secondary N) is 1. The van der Waals surface area contributed by atoms with E-state index in [1.165, 1.54) is 24.0 Å². The maximum Gasteiger partial charge on any atom is 0.158 e. The van der Waals surface area contributed by atoms with E-state index in [4.69, 9.17) is 9.72 Å². The average Bonchev–Trinajstić information content (AvgIpc) is 3.42. The topological polar surface area (TPSA) is 50.3 Å². The maximum absolute atomic E-state index is 5.25. The Morgan fingerprint density at radius 1 is 1.23 bits per heavy atom. The normalized spacial score (nSPS) is 14.3. The third-order valence-corrected chi connectivity index (χ3v) is 5.64. The highest BCUT2D eigenvalue weighted by atomic mass is 32.1. The number of hydrogen-bond donors (Lipinski definition) is 1. The summed E-state index contributed by atoms with van der Waals surface area (Å²) in [5.41, 5.74) is 2.38. The quantitative estimate of drug-likeness (QED) is 0.651. The zero-order valence-corrected chi connectivity index (χ0v) is 16.1. The van der Waals surface area contributed by atoms with Gasteiger partial charge in [-0.1, -0.05) is 30.3 Å². The molecule has 136 valence electrons. The Morgan fingerprint density at radius 2 is 2.04 bits per heavy atom. The summed E-state index contributed by atoms with van der Waals surface area (Å²) in [6.45, 7) is 2.31. The second-order valence-corrected chi connectivity index (χ2v) is 7.61. The molecule has 4 rings (SSSR count). The standard InChI is InChI=1S/C20H24N4OS/c1-24(15-8-9-15)11-10-21-19-18-16(14-6-4-3-5-7-14)13-26-20(18)23-17(22-19)12-25-2/h3-7,13,15H,8-12H2,1-2H3,(H,21,22,23). The predicted molar refractivity (Wildman–Crippen MR) is 108 cm³/mol. The van der Waals surface area contributed by atoms with Gasteiger partial charge in [0, 0.05) is 37.2 Å². The van der Waals surface area contributed by atoms with Crippen LogP contribution in [-0.4, -0.2) is 48.2 Å². The number of hydrogen-bond acceptors (Lipinski definition) is 6. The van der Waals surface area contributed by atoms with Gasteiger partial charge in [-0.05, 0) is 25.5 Å². The van der Waals surface area contributed by atoms with Crippen molar-refractivity contribution >= 4 is 27.4 Å². The summed E-state index contributed by atoms with van der Waals surface area (Å²) >= 11 is 1.66. The predicted octanol–water partition coefficient (Wildman–Crippen LogP) is 4.01. The summed E-state index contributed by atoms with van der Waals surface area (Å²) < 4.78 is 5.25. The van der Waals surface area contributed by atoms with Crippen LogP contribution in [0.3, 0.4) is 0 Å². The van der Waals surface area contributed by atoms with Crippen molar-refractivity contribution in [2.24, 2.45) is 0 Å². The number of aromatic nitrogens is 2. The zero-order valence-electron chi connectivity index (χ0n) is 15.2. The molecule has 0 aliphatic heterocycles. The van der Waals surface area contributed by atoms with E-state index in [2.05, 4.69) is 51.9 Å². The zero-order chi connectivity index (χ0) is 17.9. The Balaban J connectivity index is 1.66. The largest absolute Gasteiger partial charge is 0.377 e. The lowest BCUT2D eigenvalue weighted by molar-refractivity contribution is 0.178. The van der Waals surface area contributed by atoms with Crippen molar-refractivity contribution < 1.29 is 4.74 Å². The Kier molecular flexibility index (Phi) is 5.15. The van der Waals surface area contributed by atoms with Crippen LogP contribution in [0.25, 0.3) is 21.3 Å². The second-order valence-electron chi connectivity index (χ2n) is 6.76. The fourth-order valence-electron chi connectivity index (χ4n) is 3.19.